The maximum absolute atomic E-state index is 8.74. The Morgan fingerprint density at radius 2 is 2.06 bits per heavy atom. The molecule has 0 aromatic rings. The summed E-state index contributed by atoms with van der Waals surface area (Å²) in [6, 6.07) is 2.30. The lowest BCUT2D eigenvalue weighted by Gasteiger charge is -2.51. The summed E-state index contributed by atoms with van der Waals surface area (Å²) in [7, 11) is 2.26. The highest BCUT2D eigenvalue weighted by atomic mass is 15.2. The van der Waals surface area contributed by atoms with Gasteiger partial charge in [-0.25, -0.2) is 0 Å². The van der Waals surface area contributed by atoms with Gasteiger partial charge in [-0.05, 0) is 56.9 Å². The monoisotopic (exact) mass is 218 g/mol. The Morgan fingerprint density at radius 3 is 2.88 bits per heavy atom. The van der Waals surface area contributed by atoms with Crippen LogP contribution < -0.4 is 0 Å². The van der Waals surface area contributed by atoms with Gasteiger partial charge in [0.1, 0.15) is 0 Å². The first-order valence-corrected chi connectivity index (χ1v) is 6.83. The molecule has 0 aliphatic heterocycles. The number of rotatable bonds is 3. The number of nitriles is 1. The third-order valence-corrected chi connectivity index (χ3v) is 5.57. The Hall–Kier alpha value is -0.550. The average molecular weight is 218 g/mol. The number of hydrogen-bond acceptors (Lipinski definition) is 2. The predicted molar refractivity (Wildman–Crippen MR) is 63.8 cm³/mol. The Balaban J connectivity index is 1.80. The van der Waals surface area contributed by atoms with E-state index in [9.17, 15) is 0 Å². The van der Waals surface area contributed by atoms with Crippen molar-refractivity contribution in [2.75, 3.05) is 13.6 Å². The summed E-state index contributed by atoms with van der Waals surface area (Å²) >= 11 is 0. The molecule has 88 valence electrons. The van der Waals surface area contributed by atoms with Gasteiger partial charge in [0.2, 0.25) is 0 Å². The van der Waals surface area contributed by atoms with Gasteiger partial charge in [-0.1, -0.05) is 6.42 Å². The van der Waals surface area contributed by atoms with E-state index in [0.29, 0.717) is 12.0 Å². The Kier molecular flexibility index (Phi) is 2.47. The van der Waals surface area contributed by atoms with Crippen molar-refractivity contribution in [1.29, 1.82) is 5.26 Å². The lowest BCUT2D eigenvalue weighted by molar-refractivity contribution is 0.00159. The second-order valence-electron chi connectivity index (χ2n) is 6.32. The van der Waals surface area contributed by atoms with Crippen molar-refractivity contribution in [3.05, 3.63) is 0 Å². The van der Waals surface area contributed by atoms with Crippen molar-refractivity contribution in [3.63, 3.8) is 0 Å². The molecule has 4 atom stereocenters. The lowest BCUT2D eigenvalue weighted by Crippen LogP contribution is -2.54. The van der Waals surface area contributed by atoms with Crippen LogP contribution in [0.15, 0.2) is 0 Å². The normalized spacial score (nSPS) is 44.9. The summed E-state index contributed by atoms with van der Waals surface area (Å²) in [6.45, 7) is 0.979. The summed E-state index contributed by atoms with van der Waals surface area (Å²) in [5, 5.41) is 8.74. The molecule has 3 rings (SSSR count). The summed E-state index contributed by atoms with van der Waals surface area (Å²) < 4.78 is 0. The third kappa shape index (κ3) is 1.41. The fraction of sp³-hybridized carbons (Fsp3) is 0.929. The van der Waals surface area contributed by atoms with Crippen molar-refractivity contribution in [2.24, 2.45) is 17.8 Å². The van der Waals surface area contributed by atoms with Crippen LogP contribution >= 0.6 is 0 Å². The van der Waals surface area contributed by atoms with Crippen molar-refractivity contribution >= 4 is 0 Å². The Bertz CT molecular complexity index is 319. The maximum atomic E-state index is 8.74. The van der Waals surface area contributed by atoms with Crippen molar-refractivity contribution in [1.82, 2.24) is 4.90 Å². The van der Waals surface area contributed by atoms with Gasteiger partial charge in [0.05, 0.1) is 6.07 Å². The highest BCUT2D eigenvalue weighted by molar-refractivity contribution is 5.10. The first-order valence-electron chi connectivity index (χ1n) is 6.83. The molecule has 0 saturated heterocycles. The second-order valence-corrected chi connectivity index (χ2v) is 6.32. The molecule has 0 amide bonds. The number of fused-ring (bicyclic) bond motifs is 2. The zero-order chi connectivity index (χ0) is 11.2. The van der Waals surface area contributed by atoms with Gasteiger partial charge < -0.3 is 0 Å². The SMILES string of the molecule is CN(CCC#N)[C@]12C[C@@H]3CC[C@@H]1C[C@@H](C3)C2. The molecule has 0 unspecified atom stereocenters. The lowest BCUT2D eigenvalue weighted by atomic mass is 9.66. The first kappa shape index (κ1) is 10.6. The molecule has 0 aromatic heterocycles. The van der Waals surface area contributed by atoms with E-state index < -0.39 is 0 Å². The summed E-state index contributed by atoms with van der Waals surface area (Å²) in [5.41, 5.74) is 0.503. The minimum absolute atomic E-state index is 0.503. The molecule has 0 aromatic carbocycles. The summed E-state index contributed by atoms with van der Waals surface area (Å²) in [4.78, 5) is 2.55. The molecule has 0 spiro atoms. The molecule has 0 radical (unpaired) electrons. The van der Waals surface area contributed by atoms with Crippen LogP contribution in [0, 0.1) is 29.1 Å². The highest BCUT2D eigenvalue weighted by Crippen LogP contribution is 2.59. The van der Waals surface area contributed by atoms with E-state index in [-0.39, 0.29) is 0 Å². The molecule has 0 heterocycles. The van der Waals surface area contributed by atoms with E-state index in [1.54, 1.807) is 0 Å². The fourth-order valence-electron chi connectivity index (χ4n) is 4.96. The van der Waals surface area contributed by atoms with Gasteiger partial charge in [-0.15, -0.1) is 0 Å². The molecular weight excluding hydrogens is 196 g/mol. The largest absolute Gasteiger partial charge is 0.299 e. The molecule has 3 aliphatic carbocycles. The fourth-order valence-corrected chi connectivity index (χ4v) is 4.96. The molecule has 3 fully saturated rings. The van der Waals surface area contributed by atoms with E-state index in [0.717, 1.165) is 24.3 Å². The van der Waals surface area contributed by atoms with Gasteiger partial charge in [0.15, 0.2) is 0 Å². The second kappa shape index (κ2) is 3.74. The van der Waals surface area contributed by atoms with Crippen LogP contribution in [0.5, 0.6) is 0 Å². The zero-order valence-electron chi connectivity index (χ0n) is 10.3. The Labute approximate surface area is 98.6 Å². The van der Waals surface area contributed by atoms with Crippen molar-refractivity contribution in [3.8, 4) is 6.07 Å². The van der Waals surface area contributed by atoms with Crippen molar-refractivity contribution < 1.29 is 0 Å². The first-order chi connectivity index (χ1) is 7.74. The van der Waals surface area contributed by atoms with Crippen molar-refractivity contribution in [2.45, 2.75) is 50.5 Å². The average Bonchev–Trinajstić information content (AvgIpc) is 2.44. The predicted octanol–water partition coefficient (Wildman–Crippen LogP) is 2.80. The zero-order valence-corrected chi connectivity index (χ0v) is 10.3. The summed E-state index contributed by atoms with van der Waals surface area (Å²) in [6.07, 6.45) is 9.47. The molecule has 3 saturated carbocycles. The van der Waals surface area contributed by atoms with E-state index >= 15 is 0 Å². The van der Waals surface area contributed by atoms with Gasteiger partial charge in [-0.2, -0.15) is 5.26 Å². The smallest absolute Gasteiger partial charge is 0.0635 e. The van der Waals surface area contributed by atoms with Crippen LogP contribution in [0.4, 0.5) is 0 Å². The van der Waals surface area contributed by atoms with E-state index in [1.807, 2.05) is 0 Å². The standard InChI is InChI=1S/C14H22N2/c1-16(6-2-5-15)14-9-11-3-4-13(14)8-12(7-11)10-14/h11-13H,2-4,6-10H2,1H3/t11-,12-,13-,14+/m1/s1. The van der Waals surface area contributed by atoms with Gasteiger partial charge in [0, 0.05) is 18.5 Å². The van der Waals surface area contributed by atoms with Gasteiger partial charge in [0.25, 0.3) is 0 Å². The van der Waals surface area contributed by atoms with Crippen LogP contribution in [-0.2, 0) is 0 Å². The highest BCUT2D eigenvalue weighted by Gasteiger charge is 2.56. The number of hydrogen-bond donors (Lipinski definition) is 0. The molecule has 3 bridgehead atoms. The van der Waals surface area contributed by atoms with E-state index in [4.69, 9.17) is 5.26 Å². The molecule has 16 heavy (non-hydrogen) atoms. The third-order valence-electron chi connectivity index (χ3n) is 5.57. The Morgan fingerprint density at radius 1 is 1.25 bits per heavy atom. The molecule has 3 aliphatic rings. The summed E-state index contributed by atoms with van der Waals surface area (Å²) in [5.74, 6) is 2.96. The quantitative estimate of drug-likeness (QED) is 0.728. The van der Waals surface area contributed by atoms with Gasteiger partial charge >= 0.3 is 0 Å². The maximum Gasteiger partial charge on any atom is 0.0635 e. The topological polar surface area (TPSA) is 27.0 Å². The van der Waals surface area contributed by atoms with E-state index in [2.05, 4.69) is 18.0 Å². The molecule has 2 heteroatoms. The van der Waals surface area contributed by atoms with Crippen LogP contribution in [-0.4, -0.2) is 24.0 Å². The number of nitrogens with zero attached hydrogens (tertiary/aromatic N) is 2. The molecule has 2 nitrogen and oxygen atoms in total. The van der Waals surface area contributed by atoms with Crippen LogP contribution in [0.25, 0.3) is 0 Å². The van der Waals surface area contributed by atoms with Gasteiger partial charge in [-0.3, -0.25) is 4.90 Å². The molecule has 0 N–H and O–H groups in total. The minimum atomic E-state index is 0.503. The van der Waals surface area contributed by atoms with Crippen LogP contribution in [0.3, 0.4) is 0 Å². The van der Waals surface area contributed by atoms with Crippen LogP contribution in [0.1, 0.15) is 44.9 Å². The minimum Gasteiger partial charge on any atom is -0.299 e. The molecular formula is C14H22N2. The van der Waals surface area contributed by atoms with E-state index in [1.165, 1.54) is 38.5 Å². The van der Waals surface area contributed by atoms with Crippen LogP contribution in [0.2, 0.25) is 0 Å².